The number of halogens is 3. The van der Waals surface area contributed by atoms with Crippen molar-refractivity contribution in [2.45, 2.75) is 44.2 Å². The molecule has 3 amide bonds. The first-order valence-corrected chi connectivity index (χ1v) is 11.9. The Kier molecular flexibility index (Phi) is 6.76. The number of nitrogens with zero attached hydrogens (tertiary/aromatic N) is 3. The maximum atomic E-state index is 14.4. The summed E-state index contributed by atoms with van der Waals surface area (Å²) in [6.45, 7) is 3.70. The molecule has 1 saturated heterocycles. The lowest BCUT2D eigenvalue weighted by Gasteiger charge is -2.33. The van der Waals surface area contributed by atoms with E-state index in [-0.39, 0.29) is 31.2 Å². The van der Waals surface area contributed by atoms with E-state index in [0.717, 1.165) is 16.5 Å². The topological polar surface area (TPSA) is 93.5 Å². The number of carbonyl (C=O) groups is 3. The molecule has 2 aromatic carbocycles. The summed E-state index contributed by atoms with van der Waals surface area (Å²) in [5.41, 5.74) is -0.181. The Labute approximate surface area is 212 Å². The van der Waals surface area contributed by atoms with Crippen molar-refractivity contribution in [2.24, 2.45) is 5.92 Å². The van der Waals surface area contributed by atoms with E-state index in [0.29, 0.717) is 11.8 Å². The highest BCUT2D eigenvalue weighted by Gasteiger charge is 2.56. The molecule has 1 spiro atoms. The summed E-state index contributed by atoms with van der Waals surface area (Å²) in [4.78, 5) is 42.5. The van der Waals surface area contributed by atoms with Gasteiger partial charge in [-0.2, -0.15) is 5.26 Å². The number of fused-ring (bicyclic) bond motifs is 2. The lowest BCUT2D eigenvalue weighted by molar-refractivity contribution is -0.136. The van der Waals surface area contributed by atoms with Crippen molar-refractivity contribution in [1.82, 2.24) is 9.80 Å². The third kappa shape index (κ3) is 4.20. The molecule has 0 saturated carbocycles. The SMILES string of the molecule is CC(C)C[C@@H](C(=O)N1C[C@]2(C[C@H]1C#N)C(=O)Nc1ccccc12)N(C)C(=O)c1cc(Cl)c(F)cc1F. The highest BCUT2D eigenvalue weighted by molar-refractivity contribution is 6.31. The van der Waals surface area contributed by atoms with Crippen LogP contribution in [0.4, 0.5) is 14.5 Å². The second-order valence-electron chi connectivity index (χ2n) is 9.70. The van der Waals surface area contributed by atoms with Gasteiger partial charge < -0.3 is 15.1 Å². The average Bonchev–Trinajstić information content (AvgIpc) is 3.36. The standard InChI is InChI=1S/C26H25ClF2N4O3/c1-14(2)8-22(32(3)23(34)16-9-18(27)20(29)10-19(16)28)24(35)33-13-26(11-15(33)12-30)17-6-4-5-7-21(17)31-25(26)36/h4-7,9-10,14-15,22H,8,11,13H2,1-3H3,(H,31,36)/t15-,22-,26-/m0/s1. The van der Waals surface area contributed by atoms with Crippen LogP contribution in [0.3, 0.4) is 0 Å². The van der Waals surface area contributed by atoms with Gasteiger partial charge in [0, 0.05) is 31.8 Å². The van der Waals surface area contributed by atoms with Crippen molar-refractivity contribution < 1.29 is 23.2 Å². The maximum Gasteiger partial charge on any atom is 0.257 e. The Balaban J connectivity index is 1.68. The van der Waals surface area contributed by atoms with Crippen LogP contribution in [0.2, 0.25) is 5.02 Å². The van der Waals surface area contributed by atoms with Crippen LogP contribution < -0.4 is 5.32 Å². The van der Waals surface area contributed by atoms with Crippen LogP contribution in [0.15, 0.2) is 36.4 Å². The summed E-state index contributed by atoms with van der Waals surface area (Å²) in [6.07, 6.45) is 0.342. The Morgan fingerprint density at radius 1 is 1.28 bits per heavy atom. The number of hydrogen-bond acceptors (Lipinski definition) is 4. The predicted molar refractivity (Wildman–Crippen MR) is 129 cm³/mol. The van der Waals surface area contributed by atoms with Crippen molar-refractivity contribution in [3.05, 3.63) is 64.2 Å². The van der Waals surface area contributed by atoms with Gasteiger partial charge in [-0.25, -0.2) is 8.78 Å². The molecule has 2 heterocycles. The summed E-state index contributed by atoms with van der Waals surface area (Å²) >= 11 is 5.77. The van der Waals surface area contributed by atoms with Crippen LogP contribution in [-0.4, -0.2) is 53.2 Å². The van der Waals surface area contributed by atoms with Crippen LogP contribution >= 0.6 is 11.6 Å². The fourth-order valence-electron chi connectivity index (χ4n) is 5.07. The lowest BCUT2D eigenvalue weighted by atomic mass is 9.80. The van der Waals surface area contributed by atoms with Crippen molar-refractivity contribution in [3.8, 4) is 6.07 Å². The highest BCUT2D eigenvalue weighted by Crippen LogP contribution is 2.46. The van der Waals surface area contributed by atoms with E-state index >= 15 is 0 Å². The van der Waals surface area contributed by atoms with E-state index in [2.05, 4.69) is 11.4 Å². The number of nitrogens with one attached hydrogen (secondary N) is 1. The molecule has 36 heavy (non-hydrogen) atoms. The Morgan fingerprint density at radius 2 is 1.97 bits per heavy atom. The first kappa shape index (κ1) is 25.6. The smallest absolute Gasteiger partial charge is 0.257 e. The Morgan fingerprint density at radius 3 is 2.64 bits per heavy atom. The lowest BCUT2D eigenvalue weighted by Crippen LogP contribution is -2.52. The fraction of sp³-hybridized carbons (Fsp3) is 0.385. The number of para-hydroxylation sites is 1. The molecular formula is C26H25ClF2N4O3. The minimum Gasteiger partial charge on any atom is -0.330 e. The van der Waals surface area contributed by atoms with E-state index in [1.165, 1.54) is 11.9 Å². The molecule has 1 fully saturated rings. The fourth-order valence-corrected chi connectivity index (χ4v) is 5.23. The summed E-state index contributed by atoms with van der Waals surface area (Å²) in [7, 11) is 1.36. The van der Waals surface area contributed by atoms with Gasteiger partial charge in [0.15, 0.2) is 0 Å². The normalized spacial score (nSPS) is 21.3. The molecule has 0 aromatic heterocycles. The number of anilines is 1. The van der Waals surface area contributed by atoms with Gasteiger partial charge >= 0.3 is 0 Å². The Bertz CT molecular complexity index is 1290. The molecule has 0 aliphatic carbocycles. The zero-order chi connectivity index (χ0) is 26.4. The van der Waals surface area contributed by atoms with Gasteiger partial charge in [0.2, 0.25) is 11.8 Å². The molecule has 2 aromatic rings. The molecule has 0 radical (unpaired) electrons. The third-order valence-electron chi connectivity index (χ3n) is 6.92. The first-order valence-electron chi connectivity index (χ1n) is 11.5. The number of rotatable bonds is 5. The van der Waals surface area contributed by atoms with Gasteiger partial charge in [0.1, 0.15) is 23.7 Å². The average molecular weight is 515 g/mol. The quantitative estimate of drug-likeness (QED) is 0.607. The number of nitriles is 1. The van der Waals surface area contributed by atoms with Gasteiger partial charge in [-0.05, 0) is 30.0 Å². The van der Waals surface area contributed by atoms with Crippen LogP contribution in [-0.2, 0) is 15.0 Å². The number of benzene rings is 2. The second kappa shape index (κ2) is 9.51. The van der Waals surface area contributed by atoms with Crippen molar-refractivity contribution in [3.63, 3.8) is 0 Å². The second-order valence-corrected chi connectivity index (χ2v) is 10.1. The van der Waals surface area contributed by atoms with E-state index in [1.54, 1.807) is 24.3 Å². The number of carbonyl (C=O) groups excluding carboxylic acids is 3. The molecule has 4 rings (SSSR count). The van der Waals surface area contributed by atoms with Crippen LogP contribution in [0, 0.1) is 28.9 Å². The van der Waals surface area contributed by atoms with Gasteiger partial charge in [-0.15, -0.1) is 0 Å². The number of likely N-dealkylation sites (N-methyl/N-ethyl adjacent to an activating group) is 1. The molecule has 2 aliphatic heterocycles. The van der Waals surface area contributed by atoms with E-state index < -0.39 is 51.5 Å². The molecule has 7 nitrogen and oxygen atoms in total. The van der Waals surface area contributed by atoms with E-state index in [1.807, 2.05) is 13.8 Å². The zero-order valence-corrected chi connectivity index (χ0v) is 20.8. The van der Waals surface area contributed by atoms with Crippen molar-refractivity contribution in [2.75, 3.05) is 18.9 Å². The zero-order valence-electron chi connectivity index (χ0n) is 20.0. The molecule has 0 unspecified atom stereocenters. The van der Waals surface area contributed by atoms with E-state index in [4.69, 9.17) is 11.6 Å². The predicted octanol–water partition coefficient (Wildman–Crippen LogP) is 4.12. The molecule has 0 bridgehead atoms. The maximum absolute atomic E-state index is 14.4. The van der Waals surface area contributed by atoms with Crippen molar-refractivity contribution >= 4 is 35.0 Å². The van der Waals surface area contributed by atoms with Gasteiger partial charge in [0.25, 0.3) is 5.91 Å². The molecule has 2 aliphatic rings. The van der Waals surface area contributed by atoms with Gasteiger partial charge in [0.05, 0.1) is 22.1 Å². The van der Waals surface area contributed by atoms with Crippen molar-refractivity contribution in [1.29, 1.82) is 5.26 Å². The first-order chi connectivity index (χ1) is 17.0. The monoisotopic (exact) mass is 514 g/mol. The van der Waals surface area contributed by atoms with Crippen LogP contribution in [0.1, 0.15) is 42.6 Å². The summed E-state index contributed by atoms with van der Waals surface area (Å²) in [6, 6.07) is 8.75. The molecule has 10 heteroatoms. The summed E-state index contributed by atoms with van der Waals surface area (Å²) in [5, 5.41) is 12.3. The van der Waals surface area contributed by atoms with Gasteiger partial charge in [-0.1, -0.05) is 43.6 Å². The minimum atomic E-state index is -1.10. The molecular weight excluding hydrogens is 490 g/mol. The summed E-state index contributed by atoms with van der Waals surface area (Å²) < 4.78 is 28.1. The summed E-state index contributed by atoms with van der Waals surface area (Å²) in [5.74, 6) is -3.79. The number of likely N-dealkylation sites (tertiary alicyclic amines) is 1. The van der Waals surface area contributed by atoms with Crippen LogP contribution in [0.25, 0.3) is 0 Å². The Hall–Kier alpha value is -3.51. The minimum absolute atomic E-state index is 0.0275. The van der Waals surface area contributed by atoms with Crippen LogP contribution in [0.5, 0.6) is 0 Å². The number of amides is 3. The van der Waals surface area contributed by atoms with E-state index in [9.17, 15) is 28.4 Å². The highest BCUT2D eigenvalue weighted by atomic mass is 35.5. The third-order valence-corrected chi connectivity index (χ3v) is 7.21. The molecule has 3 atom stereocenters. The molecule has 1 N–H and O–H groups in total. The molecule has 188 valence electrons. The van der Waals surface area contributed by atoms with Gasteiger partial charge in [-0.3, -0.25) is 14.4 Å². The largest absolute Gasteiger partial charge is 0.330 e. The number of hydrogen-bond donors (Lipinski definition) is 1.